The summed E-state index contributed by atoms with van der Waals surface area (Å²) in [6, 6.07) is 5.66. The van der Waals surface area contributed by atoms with Gasteiger partial charge in [0.2, 0.25) is 0 Å². The first-order chi connectivity index (χ1) is 7.65. The molecule has 0 radical (unpaired) electrons. The molecule has 3 heteroatoms. The van der Waals surface area contributed by atoms with E-state index in [-0.39, 0.29) is 0 Å². The van der Waals surface area contributed by atoms with Crippen molar-refractivity contribution in [3.63, 3.8) is 0 Å². The minimum atomic E-state index is 0.452. The van der Waals surface area contributed by atoms with E-state index in [2.05, 4.69) is 31.0 Å². The van der Waals surface area contributed by atoms with E-state index in [9.17, 15) is 0 Å². The number of hydrogen-bond acceptors (Lipinski definition) is 3. The smallest absolute Gasteiger partial charge is 0.0327 e. The van der Waals surface area contributed by atoms with Crippen molar-refractivity contribution in [3.8, 4) is 0 Å². The summed E-state index contributed by atoms with van der Waals surface area (Å²) in [5.41, 5.74) is 5.94. The molecule has 0 aliphatic heterocycles. The summed E-state index contributed by atoms with van der Waals surface area (Å²) in [5.74, 6) is 0. The van der Waals surface area contributed by atoms with Gasteiger partial charge in [-0.25, -0.2) is 0 Å². The van der Waals surface area contributed by atoms with Crippen molar-refractivity contribution in [2.24, 2.45) is 5.73 Å². The number of aryl methyl sites for hydroxylation is 1. The van der Waals surface area contributed by atoms with E-state index in [1.807, 2.05) is 11.3 Å². The Hall–Kier alpha value is -0.380. The van der Waals surface area contributed by atoms with Crippen molar-refractivity contribution in [1.82, 2.24) is 4.90 Å². The summed E-state index contributed by atoms with van der Waals surface area (Å²) in [6.45, 7) is 3.27. The van der Waals surface area contributed by atoms with Crippen LogP contribution in [0.1, 0.15) is 35.4 Å². The van der Waals surface area contributed by atoms with E-state index in [1.54, 1.807) is 0 Å². The van der Waals surface area contributed by atoms with Crippen LogP contribution >= 0.6 is 11.3 Å². The van der Waals surface area contributed by atoms with Crippen molar-refractivity contribution in [2.45, 2.75) is 51.2 Å². The third-order valence-electron chi connectivity index (χ3n) is 3.57. The molecular formula is C13H22N2S. The fourth-order valence-electron chi connectivity index (χ4n) is 2.49. The van der Waals surface area contributed by atoms with Gasteiger partial charge in [0.15, 0.2) is 0 Å². The molecule has 90 valence electrons. The molecule has 1 heterocycles. The van der Waals surface area contributed by atoms with Gasteiger partial charge in [-0.1, -0.05) is 0 Å². The molecule has 2 N–H and O–H groups in total. The molecule has 0 saturated heterocycles. The highest BCUT2D eigenvalue weighted by atomic mass is 32.1. The molecule has 2 nitrogen and oxygen atoms in total. The quantitative estimate of drug-likeness (QED) is 0.877. The van der Waals surface area contributed by atoms with Gasteiger partial charge >= 0.3 is 0 Å². The maximum atomic E-state index is 5.94. The lowest BCUT2D eigenvalue weighted by molar-refractivity contribution is 0.177. The van der Waals surface area contributed by atoms with Gasteiger partial charge in [0.25, 0.3) is 0 Å². The van der Waals surface area contributed by atoms with Crippen LogP contribution in [0.4, 0.5) is 0 Å². The summed E-state index contributed by atoms with van der Waals surface area (Å²) in [5, 5.41) is 0. The fraction of sp³-hybridized carbons (Fsp3) is 0.692. The summed E-state index contributed by atoms with van der Waals surface area (Å²) in [6.07, 6.45) is 4.92. The number of nitrogens with zero attached hydrogens (tertiary/aromatic N) is 1. The molecule has 1 aromatic rings. The molecular weight excluding hydrogens is 216 g/mol. The van der Waals surface area contributed by atoms with Gasteiger partial charge in [0.05, 0.1) is 0 Å². The molecule has 1 aliphatic carbocycles. The zero-order chi connectivity index (χ0) is 11.5. The van der Waals surface area contributed by atoms with Crippen LogP contribution in [-0.4, -0.2) is 24.0 Å². The van der Waals surface area contributed by atoms with E-state index in [1.165, 1.54) is 35.4 Å². The van der Waals surface area contributed by atoms with Gasteiger partial charge in [-0.3, -0.25) is 4.90 Å². The normalized spacial score (nSPS) is 26.2. The third-order valence-corrected chi connectivity index (χ3v) is 4.55. The first kappa shape index (κ1) is 12.1. The van der Waals surface area contributed by atoms with Gasteiger partial charge in [-0.15, -0.1) is 11.3 Å². The molecule has 0 amide bonds. The second kappa shape index (κ2) is 5.30. The molecule has 0 atom stereocenters. The molecule has 0 aromatic carbocycles. The molecule has 1 aromatic heterocycles. The number of hydrogen-bond donors (Lipinski definition) is 1. The van der Waals surface area contributed by atoms with Gasteiger partial charge in [0, 0.05) is 28.4 Å². The molecule has 0 unspecified atom stereocenters. The first-order valence-corrected chi connectivity index (χ1v) is 6.98. The van der Waals surface area contributed by atoms with Crippen molar-refractivity contribution in [1.29, 1.82) is 0 Å². The second-order valence-corrected chi connectivity index (χ2v) is 6.37. The Bertz CT molecular complexity index is 326. The minimum Gasteiger partial charge on any atom is -0.328 e. The van der Waals surface area contributed by atoms with Gasteiger partial charge in [-0.2, -0.15) is 0 Å². The van der Waals surface area contributed by atoms with Crippen LogP contribution in [0.2, 0.25) is 0 Å². The molecule has 2 rings (SSSR count). The van der Waals surface area contributed by atoms with E-state index in [4.69, 9.17) is 5.73 Å². The van der Waals surface area contributed by atoms with Crippen LogP contribution in [-0.2, 0) is 6.54 Å². The molecule has 1 saturated carbocycles. The average molecular weight is 238 g/mol. The van der Waals surface area contributed by atoms with Crippen molar-refractivity contribution in [2.75, 3.05) is 7.05 Å². The minimum absolute atomic E-state index is 0.452. The van der Waals surface area contributed by atoms with Crippen molar-refractivity contribution >= 4 is 11.3 Å². The molecule has 16 heavy (non-hydrogen) atoms. The lowest BCUT2D eigenvalue weighted by Gasteiger charge is -2.33. The third kappa shape index (κ3) is 3.06. The zero-order valence-corrected chi connectivity index (χ0v) is 11.1. The van der Waals surface area contributed by atoms with Crippen LogP contribution in [0.25, 0.3) is 0 Å². The lowest BCUT2D eigenvalue weighted by atomic mass is 9.91. The van der Waals surface area contributed by atoms with E-state index >= 15 is 0 Å². The van der Waals surface area contributed by atoms with E-state index in [0.29, 0.717) is 6.04 Å². The Morgan fingerprint density at radius 2 is 2.00 bits per heavy atom. The Morgan fingerprint density at radius 3 is 2.56 bits per heavy atom. The average Bonchev–Trinajstić information content (AvgIpc) is 2.65. The predicted molar refractivity (Wildman–Crippen MR) is 70.8 cm³/mol. The molecule has 1 aliphatic rings. The van der Waals surface area contributed by atoms with E-state index in [0.717, 1.165) is 12.6 Å². The highest BCUT2D eigenvalue weighted by Crippen LogP contribution is 2.24. The summed E-state index contributed by atoms with van der Waals surface area (Å²) in [7, 11) is 2.25. The van der Waals surface area contributed by atoms with Gasteiger partial charge in [-0.05, 0) is 51.8 Å². The van der Waals surface area contributed by atoms with Crippen LogP contribution in [0.15, 0.2) is 12.1 Å². The van der Waals surface area contributed by atoms with Crippen LogP contribution < -0.4 is 5.73 Å². The van der Waals surface area contributed by atoms with E-state index < -0.39 is 0 Å². The largest absolute Gasteiger partial charge is 0.328 e. The monoisotopic (exact) mass is 238 g/mol. The highest BCUT2D eigenvalue weighted by molar-refractivity contribution is 7.11. The number of rotatable bonds is 3. The Labute approximate surface area is 102 Å². The number of nitrogens with two attached hydrogens (primary N) is 1. The lowest BCUT2D eigenvalue weighted by Crippen LogP contribution is -2.38. The summed E-state index contributed by atoms with van der Waals surface area (Å²) in [4.78, 5) is 5.39. The Kier molecular flexibility index (Phi) is 4.00. The maximum absolute atomic E-state index is 5.94. The van der Waals surface area contributed by atoms with Crippen LogP contribution in [0.3, 0.4) is 0 Å². The highest BCUT2D eigenvalue weighted by Gasteiger charge is 2.21. The Morgan fingerprint density at radius 1 is 1.31 bits per heavy atom. The summed E-state index contributed by atoms with van der Waals surface area (Å²) >= 11 is 1.91. The van der Waals surface area contributed by atoms with Gasteiger partial charge < -0.3 is 5.73 Å². The van der Waals surface area contributed by atoms with Crippen LogP contribution in [0, 0.1) is 6.92 Å². The summed E-state index contributed by atoms with van der Waals surface area (Å²) < 4.78 is 0. The van der Waals surface area contributed by atoms with Crippen molar-refractivity contribution < 1.29 is 0 Å². The standard InChI is InChI=1S/C13H22N2S/c1-10-3-8-13(16-10)9-15(2)12-6-4-11(14)5-7-12/h3,8,11-12H,4-7,9,14H2,1-2H3. The van der Waals surface area contributed by atoms with Crippen molar-refractivity contribution in [3.05, 3.63) is 21.9 Å². The zero-order valence-electron chi connectivity index (χ0n) is 10.3. The molecule has 0 bridgehead atoms. The second-order valence-electron chi connectivity index (χ2n) is 5.00. The molecule has 0 spiro atoms. The number of thiophene rings is 1. The molecule has 1 fully saturated rings. The topological polar surface area (TPSA) is 29.3 Å². The van der Waals surface area contributed by atoms with Crippen LogP contribution in [0.5, 0.6) is 0 Å². The predicted octanol–water partition coefficient (Wildman–Crippen LogP) is 2.76. The SMILES string of the molecule is Cc1ccc(CN(C)C2CCC(N)CC2)s1. The first-order valence-electron chi connectivity index (χ1n) is 6.16. The van der Waals surface area contributed by atoms with Gasteiger partial charge in [0.1, 0.15) is 0 Å². The Balaban J connectivity index is 1.85. The maximum Gasteiger partial charge on any atom is 0.0327 e. The fourth-order valence-corrected chi connectivity index (χ4v) is 3.44.